The molecule has 1 aromatic rings. The molecular formula is C14H16F6N2. The predicted molar refractivity (Wildman–Crippen MR) is 69.4 cm³/mol. The van der Waals surface area contributed by atoms with Crippen LogP contribution in [0.2, 0.25) is 0 Å². The highest BCUT2D eigenvalue weighted by Gasteiger charge is 2.57. The number of benzene rings is 1. The molecule has 0 aromatic heterocycles. The summed E-state index contributed by atoms with van der Waals surface area (Å²) in [5.41, 5.74) is -0.0715. The molecule has 0 atom stereocenters. The molecule has 0 spiro atoms. The highest BCUT2D eigenvalue weighted by molar-refractivity contribution is 5.27. The lowest BCUT2D eigenvalue weighted by Gasteiger charge is -2.27. The third-order valence-corrected chi connectivity index (χ3v) is 3.58. The zero-order valence-electron chi connectivity index (χ0n) is 11.6. The van der Waals surface area contributed by atoms with E-state index in [1.165, 1.54) is 12.1 Å². The van der Waals surface area contributed by atoms with Crippen molar-refractivity contribution >= 4 is 0 Å². The lowest BCUT2D eigenvalue weighted by molar-refractivity contribution is -0.253. The first kappa shape index (κ1) is 17.1. The zero-order valence-corrected chi connectivity index (χ0v) is 11.6. The number of nitrogens with one attached hydrogen (secondary N) is 1. The summed E-state index contributed by atoms with van der Waals surface area (Å²) in [7, 11) is 0. The first-order chi connectivity index (χ1) is 10.2. The molecule has 0 saturated carbocycles. The summed E-state index contributed by atoms with van der Waals surface area (Å²) in [6, 6.07) is 4.51. The van der Waals surface area contributed by atoms with Crippen LogP contribution in [-0.4, -0.2) is 43.4 Å². The van der Waals surface area contributed by atoms with Crippen LogP contribution in [0.4, 0.5) is 26.3 Å². The van der Waals surface area contributed by atoms with Crippen LogP contribution >= 0.6 is 0 Å². The molecule has 1 heterocycles. The monoisotopic (exact) mass is 326 g/mol. The Hall–Kier alpha value is -1.28. The normalized spacial score (nSPS) is 18.0. The van der Waals surface area contributed by atoms with Crippen molar-refractivity contribution < 1.29 is 26.3 Å². The van der Waals surface area contributed by atoms with E-state index in [4.69, 9.17) is 0 Å². The van der Waals surface area contributed by atoms with Gasteiger partial charge in [-0.3, -0.25) is 4.90 Å². The molecule has 0 bridgehead atoms. The second-order valence-electron chi connectivity index (χ2n) is 5.28. The van der Waals surface area contributed by atoms with Crippen LogP contribution in [-0.2, 0) is 6.54 Å². The summed E-state index contributed by atoms with van der Waals surface area (Å²) < 4.78 is 75.8. The summed E-state index contributed by atoms with van der Waals surface area (Å²) in [4.78, 5) is 2.09. The molecular weight excluding hydrogens is 310 g/mol. The molecule has 1 saturated heterocycles. The van der Waals surface area contributed by atoms with E-state index in [-0.39, 0.29) is 0 Å². The molecule has 1 aliphatic rings. The number of halogens is 6. The van der Waals surface area contributed by atoms with Crippen LogP contribution in [0, 0.1) is 0 Å². The van der Waals surface area contributed by atoms with Crippen LogP contribution in [0.25, 0.3) is 0 Å². The first-order valence-corrected chi connectivity index (χ1v) is 6.83. The highest BCUT2D eigenvalue weighted by Crippen LogP contribution is 2.46. The molecule has 2 rings (SSSR count). The summed E-state index contributed by atoms with van der Waals surface area (Å²) in [6.07, 6.45) is -10.7. The first-order valence-electron chi connectivity index (χ1n) is 6.83. The molecule has 1 aromatic carbocycles. The van der Waals surface area contributed by atoms with Gasteiger partial charge in [0.1, 0.15) is 0 Å². The Labute approximate surface area is 124 Å². The molecule has 0 amide bonds. The van der Waals surface area contributed by atoms with Gasteiger partial charge in [-0.15, -0.1) is 0 Å². The standard InChI is InChI=1S/C14H16F6N2/c15-13(16,17)12(14(18,19)20)11-3-1-10(2-4-11)9-22-7-5-21-6-8-22/h1-4,12,21H,5-9H2. The molecule has 1 aliphatic heterocycles. The molecule has 0 unspecified atom stereocenters. The fourth-order valence-electron chi connectivity index (χ4n) is 2.51. The number of hydrogen-bond acceptors (Lipinski definition) is 2. The third kappa shape index (κ3) is 4.36. The van der Waals surface area contributed by atoms with Crippen LogP contribution in [0.15, 0.2) is 24.3 Å². The largest absolute Gasteiger partial charge is 0.404 e. The van der Waals surface area contributed by atoms with Crippen LogP contribution in [0.3, 0.4) is 0 Å². The Balaban J connectivity index is 2.12. The Bertz CT molecular complexity index is 460. The molecule has 0 aliphatic carbocycles. The third-order valence-electron chi connectivity index (χ3n) is 3.58. The van der Waals surface area contributed by atoms with E-state index in [0.717, 1.165) is 38.3 Å². The van der Waals surface area contributed by atoms with Crippen molar-refractivity contribution in [3.63, 3.8) is 0 Å². The van der Waals surface area contributed by atoms with Gasteiger partial charge in [-0.05, 0) is 11.1 Å². The summed E-state index contributed by atoms with van der Waals surface area (Å²) in [5.74, 6) is -3.44. The van der Waals surface area contributed by atoms with E-state index in [9.17, 15) is 26.3 Å². The maximum atomic E-state index is 12.6. The maximum absolute atomic E-state index is 12.6. The molecule has 8 heteroatoms. The molecule has 22 heavy (non-hydrogen) atoms. The number of nitrogens with zero attached hydrogens (tertiary/aromatic N) is 1. The Kier molecular flexibility index (Phi) is 5.01. The van der Waals surface area contributed by atoms with E-state index >= 15 is 0 Å². The second-order valence-corrected chi connectivity index (χ2v) is 5.28. The average Bonchev–Trinajstić information content (AvgIpc) is 2.39. The minimum absolute atomic E-state index is 0.519. The molecule has 1 fully saturated rings. The van der Waals surface area contributed by atoms with Crippen molar-refractivity contribution in [3.05, 3.63) is 35.4 Å². The van der Waals surface area contributed by atoms with Gasteiger partial charge in [0, 0.05) is 32.7 Å². The molecule has 0 radical (unpaired) electrons. The Morgan fingerprint density at radius 1 is 0.909 bits per heavy atom. The van der Waals surface area contributed by atoms with Gasteiger partial charge in [0.05, 0.1) is 0 Å². The van der Waals surface area contributed by atoms with Crippen molar-refractivity contribution in [2.24, 2.45) is 0 Å². The van der Waals surface area contributed by atoms with E-state index in [2.05, 4.69) is 10.2 Å². The number of hydrogen-bond donors (Lipinski definition) is 1. The van der Waals surface area contributed by atoms with Gasteiger partial charge in [0.15, 0.2) is 5.92 Å². The van der Waals surface area contributed by atoms with E-state index in [1.54, 1.807) is 0 Å². The van der Waals surface area contributed by atoms with Crippen LogP contribution in [0.5, 0.6) is 0 Å². The fourth-order valence-corrected chi connectivity index (χ4v) is 2.51. The van der Waals surface area contributed by atoms with Gasteiger partial charge < -0.3 is 5.32 Å². The van der Waals surface area contributed by atoms with Crippen LogP contribution < -0.4 is 5.32 Å². The summed E-state index contributed by atoms with van der Waals surface area (Å²) in [5, 5.41) is 3.17. The SMILES string of the molecule is FC(F)(F)C(c1ccc(CN2CCNCC2)cc1)C(F)(F)F. The molecule has 124 valence electrons. The van der Waals surface area contributed by atoms with Crippen molar-refractivity contribution in [1.82, 2.24) is 10.2 Å². The molecule has 1 N–H and O–H groups in total. The predicted octanol–water partition coefficient (Wildman–Crippen LogP) is 3.30. The van der Waals surface area contributed by atoms with Gasteiger partial charge in [-0.25, -0.2) is 0 Å². The van der Waals surface area contributed by atoms with Crippen molar-refractivity contribution in [2.75, 3.05) is 26.2 Å². The van der Waals surface area contributed by atoms with Gasteiger partial charge >= 0.3 is 12.4 Å². The number of piperazine rings is 1. The minimum Gasteiger partial charge on any atom is -0.314 e. The second kappa shape index (κ2) is 6.45. The van der Waals surface area contributed by atoms with E-state index in [1.807, 2.05) is 0 Å². The van der Waals surface area contributed by atoms with Crippen molar-refractivity contribution in [2.45, 2.75) is 24.8 Å². The summed E-state index contributed by atoms with van der Waals surface area (Å²) in [6.45, 7) is 3.76. The lowest BCUT2D eigenvalue weighted by Crippen LogP contribution is -2.42. The average molecular weight is 326 g/mol. The van der Waals surface area contributed by atoms with Gasteiger partial charge in [-0.2, -0.15) is 26.3 Å². The minimum atomic E-state index is -5.35. The lowest BCUT2D eigenvalue weighted by atomic mass is 9.96. The smallest absolute Gasteiger partial charge is 0.314 e. The quantitative estimate of drug-likeness (QED) is 0.858. The zero-order chi connectivity index (χ0) is 16.4. The van der Waals surface area contributed by atoms with Gasteiger partial charge in [0.2, 0.25) is 0 Å². The van der Waals surface area contributed by atoms with E-state index in [0.29, 0.717) is 12.1 Å². The topological polar surface area (TPSA) is 15.3 Å². The molecule has 2 nitrogen and oxygen atoms in total. The summed E-state index contributed by atoms with van der Waals surface area (Å²) >= 11 is 0. The fraction of sp³-hybridized carbons (Fsp3) is 0.571. The van der Waals surface area contributed by atoms with Gasteiger partial charge in [-0.1, -0.05) is 24.3 Å². The Morgan fingerprint density at radius 3 is 1.86 bits per heavy atom. The van der Waals surface area contributed by atoms with Crippen molar-refractivity contribution in [3.8, 4) is 0 Å². The number of alkyl halides is 6. The number of rotatable bonds is 3. The highest BCUT2D eigenvalue weighted by atomic mass is 19.4. The van der Waals surface area contributed by atoms with Gasteiger partial charge in [0.25, 0.3) is 0 Å². The Morgan fingerprint density at radius 2 is 1.41 bits per heavy atom. The van der Waals surface area contributed by atoms with Crippen LogP contribution in [0.1, 0.15) is 17.0 Å². The van der Waals surface area contributed by atoms with E-state index < -0.39 is 23.8 Å². The van der Waals surface area contributed by atoms with Crippen molar-refractivity contribution in [1.29, 1.82) is 0 Å². The maximum Gasteiger partial charge on any atom is 0.404 e.